The molecule has 0 aromatic carbocycles. The van der Waals surface area contributed by atoms with Crippen LogP contribution in [0.15, 0.2) is 6.20 Å². The number of hydrogen-bond acceptors (Lipinski definition) is 3. The van der Waals surface area contributed by atoms with Crippen molar-refractivity contribution >= 4 is 6.29 Å². The van der Waals surface area contributed by atoms with Gasteiger partial charge in [0.05, 0.1) is 11.3 Å². The van der Waals surface area contributed by atoms with Crippen molar-refractivity contribution < 1.29 is 9.18 Å². The Hall–Kier alpha value is -1.32. The molecule has 0 aliphatic carbocycles. The Balaban J connectivity index is 3.19. The Bertz CT molecular complexity index is 262. The van der Waals surface area contributed by atoms with Crippen molar-refractivity contribution in [3.63, 3.8) is 0 Å². The first-order valence-corrected chi connectivity index (χ1v) is 2.68. The van der Waals surface area contributed by atoms with Crippen molar-refractivity contribution in [1.29, 1.82) is 0 Å². The Labute approximate surface area is 56.9 Å². The molecule has 1 rings (SSSR count). The molecule has 0 radical (unpaired) electrons. The van der Waals surface area contributed by atoms with Gasteiger partial charge in [0.25, 0.3) is 0 Å². The molecule has 0 unspecified atom stereocenters. The summed E-state index contributed by atoms with van der Waals surface area (Å²) >= 11 is 0. The fourth-order valence-electron chi connectivity index (χ4n) is 0.564. The van der Waals surface area contributed by atoms with Crippen LogP contribution in [0, 0.1) is 13.0 Å². The predicted octanol–water partition coefficient (Wildman–Crippen LogP) is 0.737. The van der Waals surface area contributed by atoms with Crippen molar-refractivity contribution in [2.24, 2.45) is 0 Å². The molecular weight excluding hydrogens is 135 g/mol. The van der Waals surface area contributed by atoms with E-state index in [9.17, 15) is 9.18 Å². The lowest BCUT2D eigenvalue weighted by Crippen LogP contribution is -1.96. The topological polar surface area (TPSA) is 42.9 Å². The zero-order valence-electron chi connectivity index (χ0n) is 5.34. The lowest BCUT2D eigenvalue weighted by Gasteiger charge is -1.93. The van der Waals surface area contributed by atoms with Crippen molar-refractivity contribution in [3.05, 3.63) is 23.5 Å². The SMILES string of the molecule is Cc1nc(F)ncc1C=O. The number of carbonyl (C=O) groups excluding carboxylic acids is 1. The van der Waals surface area contributed by atoms with Gasteiger partial charge in [-0.15, -0.1) is 0 Å². The lowest BCUT2D eigenvalue weighted by atomic mass is 10.3. The number of aryl methyl sites for hydroxylation is 1. The molecule has 0 saturated carbocycles. The van der Waals surface area contributed by atoms with Crippen molar-refractivity contribution in [1.82, 2.24) is 9.97 Å². The maximum Gasteiger partial charge on any atom is 0.308 e. The molecule has 1 heterocycles. The zero-order valence-corrected chi connectivity index (χ0v) is 5.34. The highest BCUT2D eigenvalue weighted by Gasteiger charge is 1.99. The van der Waals surface area contributed by atoms with E-state index in [4.69, 9.17) is 0 Å². The van der Waals surface area contributed by atoms with E-state index in [2.05, 4.69) is 9.97 Å². The minimum Gasteiger partial charge on any atom is -0.298 e. The van der Waals surface area contributed by atoms with Gasteiger partial charge in [-0.25, -0.2) is 9.97 Å². The Morgan fingerprint density at radius 3 is 2.90 bits per heavy atom. The first kappa shape index (κ1) is 6.80. The second-order valence-corrected chi connectivity index (χ2v) is 1.80. The van der Waals surface area contributed by atoms with Crippen molar-refractivity contribution in [2.75, 3.05) is 0 Å². The van der Waals surface area contributed by atoms with Gasteiger partial charge in [-0.05, 0) is 6.92 Å². The van der Waals surface area contributed by atoms with E-state index >= 15 is 0 Å². The van der Waals surface area contributed by atoms with Gasteiger partial charge in [-0.1, -0.05) is 0 Å². The van der Waals surface area contributed by atoms with Gasteiger partial charge in [0, 0.05) is 6.20 Å². The number of rotatable bonds is 1. The van der Waals surface area contributed by atoms with Crippen molar-refractivity contribution in [3.8, 4) is 0 Å². The average Bonchev–Trinajstić information content (AvgIpc) is 1.88. The fraction of sp³-hybridized carbons (Fsp3) is 0.167. The zero-order chi connectivity index (χ0) is 7.56. The molecule has 1 aromatic rings. The quantitative estimate of drug-likeness (QED) is 0.426. The molecule has 0 fully saturated rings. The molecule has 1 aromatic heterocycles. The van der Waals surface area contributed by atoms with E-state index < -0.39 is 6.08 Å². The lowest BCUT2D eigenvalue weighted by molar-refractivity contribution is 0.112. The summed E-state index contributed by atoms with van der Waals surface area (Å²) in [5.41, 5.74) is 0.684. The van der Waals surface area contributed by atoms with Crippen LogP contribution in [-0.2, 0) is 0 Å². The second kappa shape index (κ2) is 2.51. The van der Waals surface area contributed by atoms with Gasteiger partial charge >= 0.3 is 6.08 Å². The number of hydrogen-bond donors (Lipinski definition) is 0. The summed E-state index contributed by atoms with van der Waals surface area (Å²) < 4.78 is 12.1. The number of aromatic nitrogens is 2. The number of halogens is 1. The van der Waals surface area contributed by atoms with E-state index in [0.29, 0.717) is 17.5 Å². The first-order chi connectivity index (χ1) is 4.74. The highest BCUT2D eigenvalue weighted by Crippen LogP contribution is 1.98. The van der Waals surface area contributed by atoms with Crippen LogP contribution in [0.5, 0.6) is 0 Å². The van der Waals surface area contributed by atoms with E-state index in [1.54, 1.807) is 6.92 Å². The van der Waals surface area contributed by atoms with Gasteiger partial charge < -0.3 is 0 Å². The summed E-state index contributed by atoms with van der Waals surface area (Å²) in [6, 6.07) is 0. The minimum atomic E-state index is -0.803. The Kier molecular flexibility index (Phi) is 1.71. The average molecular weight is 140 g/mol. The molecule has 3 nitrogen and oxygen atoms in total. The molecule has 0 N–H and O–H groups in total. The summed E-state index contributed by atoms with van der Waals surface area (Å²) in [6.45, 7) is 1.55. The van der Waals surface area contributed by atoms with E-state index in [1.807, 2.05) is 0 Å². The van der Waals surface area contributed by atoms with Gasteiger partial charge in [-0.3, -0.25) is 4.79 Å². The maximum absolute atomic E-state index is 12.1. The van der Waals surface area contributed by atoms with Crippen LogP contribution in [0.2, 0.25) is 0 Å². The van der Waals surface area contributed by atoms with Gasteiger partial charge in [-0.2, -0.15) is 4.39 Å². The molecule has 4 heteroatoms. The fourth-order valence-corrected chi connectivity index (χ4v) is 0.564. The van der Waals surface area contributed by atoms with Crippen LogP contribution < -0.4 is 0 Å². The van der Waals surface area contributed by atoms with Crippen LogP contribution in [0.3, 0.4) is 0 Å². The number of carbonyl (C=O) groups is 1. The first-order valence-electron chi connectivity index (χ1n) is 2.68. The number of nitrogens with zero attached hydrogens (tertiary/aromatic N) is 2. The molecule has 0 atom stereocenters. The summed E-state index contributed by atoms with van der Waals surface area (Å²) in [5, 5.41) is 0. The predicted molar refractivity (Wildman–Crippen MR) is 32.1 cm³/mol. The standard InChI is InChI=1S/C6H5FN2O/c1-4-5(3-10)2-8-6(7)9-4/h2-3H,1H3. The number of aldehydes is 1. The smallest absolute Gasteiger partial charge is 0.298 e. The molecule has 0 aliphatic heterocycles. The Morgan fingerprint density at radius 1 is 1.70 bits per heavy atom. The molecular formula is C6H5FN2O. The van der Waals surface area contributed by atoms with Crippen molar-refractivity contribution in [2.45, 2.75) is 6.92 Å². The van der Waals surface area contributed by atoms with Gasteiger partial charge in [0.15, 0.2) is 6.29 Å². The second-order valence-electron chi connectivity index (χ2n) is 1.80. The third kappa shape index (κ3) is 1.15. The molecule has 0 bridgehead atoms. The normalized spacial score (nSPS) is 9.40. The van der Waals surface area contributed by atoms with Crippen LogP contribution in [0.1, 0.15) is 16.1 Å². The van der Waals surface area contributed by atoms with Crippen LogP contribution in [0.4, 0.5) is 4.39 Å². The van der Waals surface area contributed by atoms with E-state index in [0.717, 1.165) is 6.20 Å². The largest absolute Gasteiger partial charge is 0.308 e. The summed E-state index contributed by atoms with van der Waals surface area (Å²) in [6.07, 6.45) is 0.947. The third-order valence-corrected chi connectivity index (χ3v) is 1.11. The summed E-state index contributed by atoms with van der Waals surface area (Å²) in [4.78, 5) is 16.7. The highest BCUT2D eigenvalue weighted by molar-refractivity contribution is 5.75. The molecule has 0 saturated heterocycles. The van der Waals surface area contributed by atoms with Crippen LogP contribution in [-0.4, -0.2) is 16.3 Å². The van der Waals surface area contributed by atoms with E-state index in [1.165, 1.54) is 0 Å². The van der Waals surface area contributed by atoms with E-state index in [-0.39, 0.29) is 0 Å². The molecule has 0 spiro atoms. The molecule has 0 amide bonds. The Morgan fingerprint density at radius 2 is 2.40 bits per heavy atom. The summed E-state index contributed by atoms with van der Waals surface area (Å²) in [5.74, 6) is 0. The van der Waals surface area contributed by atoms with Crippen LogP contribution >= 0.6 is 0 Å². The maximum atomic E-state index is 12.1. The molecule has 0 aliphatic rings. The van der Waals surface area contributed by atoms with Gasteiger partial charge in [0.2, 0.25) is 0 Å². The third-order valence-electron chi connectivity index (χ3n) is 1.11. The minimum absolute atomic E-state index is 0.321. The summed E-state index contributed by atoms with van der Waals surface area (Å²) in [7, 11) is 0. The molecule has 10 heavy (non-hydrogen) atoms. The monoisotopic (exact) mass is 140 g/mol. The van der Waals surface area contributed by atoms with Gasteiger partial charge in [0.1, 0.15) is 0 Å². The molecule has 52 valence electrons. The van der Waals surface area contributed by atoms with Crippen LogP contribution in [0.25, 0.3) is 0 Å². The highest BCUT2D eigenvalue weighted by atomic mass is 19.1.